The molecule has 164 valence electrons. The molecule has 3 aromatic carbocycles. The molecule has 0 bridgehead atoms. The second-order valence-electron chi connectivity index (χ2n) is 8.14. The second kappa shape index (κ2) is 9.17. The molecule has 5 nitrogen and oxygen atoms in total. The minimum absolute atomic E-state index is 0.0636. The first-order valence-electron chi connectivity index (χ1n) is 10.4. The molecule has 4 rings (SSSR count). The molecule has 0 saturated carbocycles. The van der Waals surface area contributed by atoms with Gasteiger partial charge >= 0.3 is 0 Å². The number of benzene rings is 3. The van der Waals surface area contributed by atoms with Crippen LogP contribution in [0, 0.1) is 27.7 Å². The summed E-state index contributed by atoms with van der Waals surface area (Å²) < 4.78 is 12.5. The Hall–Kier alpha value is -3.12. The van der Waals surface area contributed by atoms with Gasteiger partial charge in [0.25, 0.3) is 5.91 Å². The van der Waals surface area contributed by atoms with Crippen LogP contribution in [-0.4, -0.2) is 17.5 Å². The maximum Gasteiger partial charge on any atom is 0.262 e. The number of hydrogen-bond acceptors (Lipinski definition) is 4. The fraction of sp³-hybridized carbons (Fsp3) is 0.231. The normalized spacial score (nSPS) is 11.0. The maximum atomic E-state index is 12.3. The Morgan fingerprint density at radius 2 is 1.69 bits per heavy atom. The summed E-state index contributed by atoms with van der Waals surface area (Å²) in [6.07, 6.45) is 0.589. The van der Waals surface area contributed by atoms with Gasteiger partial charge in [0.05, 0.1) is 4.47 Å². The number of hydrogen-bond donors (Lipinski definition) is 1. The largest absolute Gasteiger partial charge is 0.482 e. The molecule has 0 fully saturated rings. The molecule has 0 unspecified atom stereocenters. The Bertz CT molecular complexity index is 1270. The van der Waals surface area contributed by atoms with E-state index in [1.54, 1.807) is 0 Å². The molecule has 32 heavy (non-hydrogen) atoms. The fourth-order valence-corrected chi connectivity index (χ4v) is 4.59. The van der Waals surface area contributed by atoms with E-state index in [4.69, 9.17) is 9.15 Å². The van der Waals surface area contributed by atoms with Crippen LogP contribution in [0.3, 0.4) is 0 Å². The van der Waals surface area contributed by atoms with Gasteiger partial charge in [-0.1, -0.05) is 24.3 Å². The lowest BCUT2D eigenvalue weighted by Crippen LogP contribution is -2.20. The minimum atomic E-state index is -0.213. The van der Waals surface area contributed by atoms with E-state index in [1.165, 1.54) is 5.56 Å². The van der Waals surface area contributed by atoms with Gasteiger partial charge in [-0.25, -0.2) is 4.98 Å². The average Bonchev–Trinajstić information content (AvgIpc) is 3.11. The van der Waals surface area contributed by atoms with E-state index < -0.39 is 0 Å². The summed E-state index contributed by atoms with van der Waals surface area (Å²) >= 11 is 3.50. The Morgan fingerprint density at radius 3 is 2.41 bits per heavy atom. The van der Waals surface area contributed by atoms with Crippen molar-refractivity contribution in [2.24, 2.45) is 0 Å². The van der Waals surface area contributed by atoms with Crippen molar-refractivity contribution >= 4 is 38.6 Å². The van der Waals surface area contributed by atoms with E-state index >= 15 is 0 Å². The standard InChI is InChI=1S/C26H25BrN2O3/c1-15-9-17(3)25(21(27)11-15)31-14-23(30)28-20-7-5-19(6-8-20)13-24-29-22-12-16(2)10-18(4)26(22)32-24/h5-12H,13-14H2,1-4H3,(H,28,30). The highest BCUT2D eigenvalue weighted by Crippen LogP contribution is 2.30. The number of carbonyl (C=O) groups is 1. The highest BCUT2D eigenvalue weighted by molar-refractivity contribution is 9.10. The summed E-state index contributed by atoms with van der Waals surface area (Å²) in [5, 5.41) is 2.87. The van der Waals surface area contributed by atoms with Gasteiger partial charge in [0.15, 0.2) is 18.1 Å². The van der Waals surface area contributed by atoms with Crippen molar-refractivity contribution in [1.29, 1.82) is 0 Å². The lowest BCUT2D eigenvalue weighted by atomic mass is 10.1. The van der Waals surface area contributed by atoms with Gasteiger partial charge in [0.1, 0.15) is 11.3 Å². The molecule has 0 radical (unpaired) electrons. The van der Waals surface area contributed by atoms with E-state index in [2.05, 4.69) is 39.2 Å². The zero-order valence-corrected chi connectivity index (χ0v) is 20.2. The summed E-state index contributed by atoms with van der Waals surface area (Å²) in [5.41, 5.74) is 7.87. The van der Waals surface area contributed by atoms with Crippen molar-refractivity contribution in [3.63, 3.8) is 0 Å². The zero-order valence-electron chi connectivity index (χ0n) is 18.6. The van der Waals surface area contributed by atoms with Crippen LogP contribution >= 0.6 is 15.9 Å². The third kappa shape index (κ3) is 5.02. The molecule has 1 amide bonds. The minimum Gasteiger partial charge on any atom is -0.482 e. The molecule has 6 heteroatoms. The van der Waals surface area contributed by atoms with E-state index in [9.17, 15) is 4.79 Å². The number of aryl methyl sites for hydroxylation is 4. The SMILES string of the molecule is Cc1cc(C)c(OCC(=O)Nc2ccc(Cc3nc4cc(C)cc(C)c4o3)cc2)c(Br)c1. The Balaban J connectivity index is 1.37. The predicted octanol–water partition coefficient (Wildman–Crippen LogP) is 6.43. The second-order valence-corrected chi connectivity index (χ2v) is 9.00. The highest BCUT2D eigenvalue weighted by atomic mass is 79.9. The monoisotopic (exact) mass is 492 g/mol. The van der Waals surface area contributed by atoms with Crippen LogP contribution in [0.4, 0.5) is 5.69 Å². The molecule has 0 aliphatic heterocycles. The van der Waals surface area contributed by atoms with Gasteiger partial charge in [0.2, 0.25) is 0 Å². The van der Waals surface area contributed by atoms with Crippen molar-refractivity contribution < 1.29 is 13.9 Å². The van der Waals surface area contributed by atoms with Gasteiger partial charge in [-0.2, -0.15) is 0 Å². The van der Waals surface area contributed by atoms with Crippen LogP contribution in [0.1, 0.15) is 33.7 Å². The first-order valence-corrected chi connectivity index (χ1v) is 11.2. The fourth-order valence-electron chi connectivity index (χ4n) is 3.80. The molecule has 4 aromatic rings. The van der Waals surface area contributed by atoms with Crippen LogP contribution in [-0.2, 0) is 11.2 Å². The smallest absolute Gasteiger partial charge is 0.262 e. The number of ether oxygens (including phenoxy) is 1. The van der Waals surface area contributed by atoms with Crippen molar-refractivity contribution in [3.8, 4) is 5.75 Å². The van der Waals surface area contributed by atoms with Gasteiger partial charge in [0, 0.05) is 12.1 Å². The molecule has 1 N–H and O–H groups in total. The molecule has 0 saturated heterocycles. The third-order valence-corrected chi connectivity index (χ3v) is 5.77. The molecule has 0 spiro atoms. The quantitative estimate of drug-likeness (QED) is 0.336. The number of nitrogens with zero attached hydrogens (tertiary/aromatic N) is 1. The molecule has 1 heterocycles. The van der Waals surface area contributed by atoms with E-state index in [0.29, 0.717) is 23.7 Å². The Morgan fingerprint density at radius 1 is 1.00 bits per heavy atom. The van der Waals surface area contributed by atoms with E-state index in [1.807, 2.05) is 63.2 Å². The van der Waals surface area contributed by atoms with E-state index in [0.717, 1.165) is 37.8 Å². The summed E-state index contributed by atoms with van der Waals surface area (Å²) in [6, 6.07) is 15.8. The number of fused-ring (bicyclic) bond motifs is 1. The van der Waals surface area contributed by atoms with Gasteiger partial charge in [-0.15, -0.1) is 0 Å². The number of anilines is 1. The molecular weight excluding hydrogens is 468 g/mol. The third-order valence-electron chi connectivity index (χ3n) is 5.18. The number of oxazole rings is 1. The number of halogens is 1. The summed E-state index contributed by atoms with van der Waals surface area (Å²) in [7, 11) is 0. The zero-order chi connectivity index (χ0) is 22.8. The van der Waals surface area contributed by atoms with Crippen LogP contribution in [0.15, 0.2) is 57.4 Å². The summed E-state index contributed by atoms with van der Waals surface area (Å²) in [6.45, 7) is 8.00. The molecule has 0 aliphatic rings. The predicted molar refractivity (Wildman–Crippen MR) is 130 cm³/mol. The molecule has 0 atom stereocenters. The molecule has 0 aliphatic carbocycles. The average molecular weight is 493 g/mol. The summed E-state index contributed by atoms with van der Waals surface area (Å²) in [5.74, 6) is 1.15. The first-order chi connectivity index (χ1) is 15.3. The number of amides is 1. The van der Waals surface area contributed by atoms with Crippen molar-refractivity contribution in [3.05, 3.63) is 86.7 Å². The first kappa shape index (κ1) is 22.1. The van der Waals surface area contributed by atoms with Crippen LogP contribution in [0.2, 0.25) is 0 Å². The maximum absolute atomic E-state index is 12.3. The van der Waals surface area contributed by atoms with Crippen molar-refractivity contribution in [2.45, 2.75) is 34.1 Å². The highest BCUT2D eigenvalue weighted by Gasteiger charge is 2.11. The van der Waals surface area contributed by atoms with Crippen LogP contribution < -0.4 is 10.1 Å². The topological polar surface area (TPSA) is 64.4 Å². The Kier molecular flexibility index (Phi) is 6.33. The van der Waals surface area contributed by atoms with Crippen LogP contribution in [0.25, 0.3) is 11.1 Å². The van der Waals surface area contributed by atoms with Crippen molar-refractivity contribution in [2.75, 3.05) is 11.9 Å². The lowest BCUT2D eigenvalue weighted by Gasteiger charge is -2.12. The molecular formula is C26H25BrN2O3. The number of nitrogens with one attached hydrogen (secondary N) is 1. The number of carbonyl (C=O) groups excluding carboxylic acids is 1. The number of rotatable bonds is 6. The number of aromatic nitrogens is 1. The lowest BCUT2D eigenvalue weighted by molar-refractivity contribution is -0.118. The summed E-state index contributed by atoms with van der Waals surface area (Å²) in [4.78, 5) is 17.0. The Labute approximate surface area is 195 Å². The van der Waals surface area contributed by atoms with Gasteiger partial charge in [-0.05, 0) is 95.7 Å². The van der Waals surface area contributed by atoms with Crippen molar-refractivity contribution in [1.82, 2.24) is 4.98 Å². The van der Waals surface area contributed by atoms with Gasteiger partial charge < -0.3 is 14.5 Å². The van der Waals surface area contributed by atoms with E-state index in [-0.39, 0.29) is 12.5 Å². The molecule has 1 aromatic heterocycles. The van der Waals surface area contributed by atoms with Crippen LogP contribution in [0.5, 0.6) is 5.75 Å². The van der Waals surface area contributed by atoms with Gasteiger partial charge in [-0.3, -0.25) is 4.79 Å².